The molecule has 0 fully saturated rings. The van der Waals surface area contributed by atoms with Crippen LogP contribution in [-0.2, 0) is 16.3 Å². The molecular formula is C32H32O5S. The number of benzene rings is 4. The van der Waals surface area contributed by atoms with Crippen LogP contribution in [0.5, 0.6) is 17.2 Å². The Hall–Kier alpha value is -3.90. The Labute approximate surface area is 225 Å². The molecule has 0 unspecified atom stereocenters. The zero-order chi connectivity index (χ0) is 27.6. The molecule has 4 rings (SSSR count). The van der Waals surface area contributed by atoms with Crippen molar-refractivity contribution in [1.29, 1.82) is 0 Å². The number of hydrogen-bond donors (Lipinski definition) is 0. The Balaban J connectivity index is 1.56. The molecule has 0 spiro atoms. The van der Waals surface area contributed by atoms with Crippen molar-refractivity contribution in [1.82, 2.24) is 0 Å². The number of ether oxygens (including phenoxy) is 2. The molecule has 0 saturated heterocycles. The van der Waals surface area contributed by atoms with Gasteiger partial charge < -0.3 is 9.47 Å². The van der Waals surface area contributed by atoms with E-state index in [0.29, 0.717) is 22.6 Å². The fraction of sp³-hybridized carbons (Fsp3) is 0.219. The summed E-state index contributed by atoms with van der Waals surface area (Å²) in [5.41, 5.74) is 5.70. The third-order valence-electron chi connectivity index (χ3n) is 6.65. The number of sulfone groups is 1. The van der Waals surface area contributed by atoms with Crippen LogP contribution in [-0.4, -0.2) is 21.3 Å². The van der Waals surface area contributed by atoms with Crippen molar-refractivity contribution in [3.05, 3.63) is 112 Å². The van der Waals surface area contributed by atoms with Gasteiger partial charge >= 0.3 is 0 Å². The largest absolute Gasteiger partial charge is 0.496 e. The summed E-state index contributed by atoms with van der Waals surface area (Å²) in [7, 11) is -2.00. The van der Waals surface area contributed by atoms with E-state index in [0.717, 1.165) is 40.0 Å². The lowest BCUT2D eigenvalue weighted by Gasteiger charge is -2.15. The molecule has 4 aromatic carbocycles. The maximum Gasteiger partial charge on any atom is 0.206 e. The second-order valence-electron chi connectivity index (χ2n) is 9.49. The predicted molar refractivity (Wildman–Crippen MR) is 150 cm³/mol. The third-order valence-corrected chi connectivity index (χ3v) is 8.43. The van der Waals surface area contributed by atoms with Gasteiger partial charge in [0.05, 0.1) is 16.9 Å². The van der Waals surface area contributed by atoms with Gasteiger partial charge in [-0.15, -0.1) is 0 Å². The number of ketones is 1. The first-order valence-corrected chi connectivity index (χ1v) is 14.0. The molecular weight excluding hydrogens is 496 g/mol. The fourth-order valence-corrected chi connectivity index (χ4v) is 5.92. The fourth-order valence-electron chi connectivity index (χ4n) is 4.66. The highest BCUT2D eigenvalue weighted by molar-refractivity contribution is 7.91. The van der Waals surface area contributed by atoms with Gasteiger partial charge in [-0.3, -0.25) is 4.79 Å². The van der Waals surface area contributed by atoms with Crippen molar-refractivity contribution in [3.63, 3.8) is 0 Å². The van der Waals surface area contributed by atoms with Crippen molar-refractivity contribution >= 4 is 15.6 Å². The molecule has 196 valence electrons. The van der Waals surface area contributed by atoms with Gasteiger partial charge in [-0.05, 0) is 123 Å². The molecule has 0 N–H and O–H groups in total. The lowest BCUT2D eigenvalue weighted by molar-refractivity contribution is 0.103. The van der Waals surface area contributed by atoms with E-state index in [1.807, 2.05) is 71.0 Å². The Bertz CT molecular complexity index is 1550. The minimum absolute atomic E-state index is 0.0712. The topological polar surface area (TPSA) is 69.7 Å². The second-order valence-corrected chi connectivity index (χ2v) is 11.4. The molecule has 5 nitrogen and oxygen atoms in total. The Morgan fingerprint density at radius 1 is 0.684 bits per heavy atom. The number of carbonyl (C=O) groups is 1. The van der Waals surface area contributed by atoms with E-state index in [1.54, 1.807) is 43.5 Å². The van der Waals surface area contributed by atoms with Crippen LogP contribution in [0.25, 0.3) is 0 Å². The second kappa shape index (κ2) is 10.8. The summed E-state index contributed by atoms with van der Waals surface area (Å²) in [5.74, 6) is 1.86. The highest BCUT2D eigenvalue weighted by Crippen LogP contribution is 2.33. The van der Waals surface area contributed by atoms with Gasteiger partial charge in [0.15, 0.2) is 5.78 Å². The van der Waals surface area contributed by atoms with Crippen molar-refractivity contribution < 1.29 is 22.7 Å². The molecule has 0 atom stereocenters. The Kier molecular flexibility index (Phi) is 7.74. The summed E-state index contributed by atoms with van der Waals surface area (Å²) in [6.07, 6.45) is 0.848. The number of hydrogen-bond acceptors (Lipinski definition) is 5. The number of rotatable bonds is 8. The minimum atomic E-state index is -3.62. The summed E-state index contributed by atoms with van der Waals surface area (Å²) < 4.78 is 37.6. The van der Waals surface area contributed by atoms with Gasteiger partial charge in [0.2, 0.25) is 9.84 Å². The van der Waals surface area contributed by atoms with E-state index >= 15 is 0 Å². The van der Waals surface area contributed by atoms with Gasteiger partial charge in [-0.25, -0.2) is 8.42 Å². The Morgan fingerprint density at radius 3 is 1.53 bits per heavy atom. The molecule has 0 aromatic heterocycles. The average molecular weight is 529 g/mol. The standard InChI is InChI=1S/C32H32O5S/c1-7-24-8-12-28(13-9-24)38(34,35)29-14-10-27(11-15-29)37-32-22(4)18-26(19-23(32)5)30(33)25-16-20(2)31(36-6)21(3)17-25/h8-19H,7H2,1-6H3. The first kappa shape index (κ1) is 27.1. The first-order chi connectivity index (χ1) is 18.0. The van der Waals surface area contributed by atoms with Crippen molar-refractivity contribution in [2.75, 3.05) is 7.11 Å². The van der Waals surface area contributed by atoms with Crippen LogP contribution in [0, 0.1) is 27.7 Å². The quantitative estimate of drug-likeness (QED) is 0.224. The smallest absolute Gasteiger partial charge is 0.206 e. The number of aryl methyl sites for hydroxylation is 5. The summed E-state index contributed by atoms with van der Waals surface area (Å²) in [5, 5.41) is 0. The minimum Gasteiger partial charge on any atom is -0.496 e. The third kappa shape index (κ3) is 5.36. The zero-order valence-corrected chi connectivity index (χ0v) is 23.4. The molecule has 4 aromatic rings. The SMILES string of the molecule is CCc1ccc(S(=O)(=O)c2ccc(Oc3c(C)cc(C(=O)c4cc(C)c(OC)c(C)c4)cc3C)cc2)cc1. The van der Waals surface area contributed by atoms with Crippen LogP contribution >= 0.6 is 0 Å². The molecule has 0 amide bonds. The molecule has 0 aliphatic heterocycles. The van der Waals surface area contributed by atoms with E-state index in [-0.39, 0.29) is 15.6 Å². The van der Waals surface area contributed by atoms with Gasteiger partial charge in [0, 0.05) is 11.1 Å². The van der Waals surface area contributed by atoms with Crippen LogP contribution in [0.3, 0.4) is 0 Å². The molecule has 0 radical (unpaired) electrons. The van der Waals surface area contributed by atoms with Gasteiger partial charge in [0.25, 0.3) is 0 Å². The lowest BCUT2D eigenvalue weighted by atomic mass is 9.96. The van der Waals surface area contributed by atoms with Crippen molar-refractivity contribution in [2.45, 2.75) is 50.8 Å². The highest BCUT2D eigenvalue weighted by Gasteiger charge is 2.19. The highest BCUT2D eigenvalue weighted by atomic mass is 32.2. The van der Waals surface area contributed by atoms with E-state index in [9.17, 15) is 13.2 Å². The van der Waals surface area contributed by atoms with Crippen LogP contribution in [0.4, 0.5) is 0 Å². The number of methoxy groups -OCH3 is 1. The number of carbonyl (C=O) groups excluding carboxylic acids is 1. The zero-order valence-electron chi connectivity index (χ0n) is 22.6. The maximum absolute atomic E-state index is 13.3. The van der Waals surface area contributed by atoms with Gasteiger partial charge in [-0.1, -0.05) is 19.1 Å². The molecule has 0 saturated carbocycles. The lowest BCUT2D eigenvalue weighted by Crippen LogP contribution is -2.05. The molecule has 0 aliphatic rings. The summed E-state index contributed by atoms with van der Waals surface area (Å²) in [6, 6.07) is 20.7. The molecule has 0 aliphatic carbocycles. The van der Waals surface area contributed by atoms with Crippen molar-refractivity contribution in [3.8, 4) is 17.2 Å². The maximum atomic E-state index is 13.3. The van der Waals surface area contributed by atoms with E-state index in [1.165, 1.54) is 0 Å². The monoisotopic (exact) mass is 528 g/mol. The first-order valence-electron chi connectivity index (χ1n) is 12.5. The Morgan fingerprint density at radius 2 is 1.11 bits per heavy atom. The van der Waals surface area contributed by atoms with E-state index in [2.05, 4.69) is 0 Å². The molecule has 38 heavy (non-hydrogen) atoms. The van der Waals surface area contributed by atoms with Crippen LogP contribution < -0.4 is 9.47 Å². The van der Waals surface area contributed by atoms with E-state index < -0.39 is 9.84 Å². The van der Waals surface area contributed by atoms with Crippen LogP contribution in [0.15, 0.2) is 82.6 Å². The molecule has 6 heteroatoms. The normalized spacial score (nSPS) is 11.3. The summed E-state index contributed by atoms with van der Waals surface area (Å²) >= 11 is 0. The van der Waals surface area contributed by atoms with Crippen LogP contribution in [0.2, 0.25) is 0 Å². The van der Waals surface area contributed by atoms with Crippen molar-refractivity contribution in [2.24, 2.45) is 0 Å². The van der Waals surface area contributed by atoms with Gasteiger partial charge in [0.1, 0.15) is 17.2 Å². The van der Waals surface area contributed by atoms with Gasteiger partial charge in [-0.2, -0.15) is 0 Å². The average Bonchev–Trinajstić information content (AvgIpc) is 2.90. The molecule has 0 heterocycles. The summed E-state index contributed by atoms with van der Waals surface area (Å²) in [6.45, 7) is 9.66. The predicted octanol–water partition coefficient (Wildman–Crippen LogP) is 7.35. The van der Waals surface area contributed by atoms with E-state index in [4.69, 9.17) is 9.47 Å². The van der Waals surface area contributed by atoms with Crippen LogP contribution in [0.1, 0.15) is 50.7 Å². The summed E-state index contributed by atoms with van der Waals surface area (Å²) in [4.78, 5) is 13.7. The molecule has 0 bridgehead atoms.